The minimum absolute atomic E-state index is 0.0902. The zero-order valence-corrected chi connectivity index (χ0v) is 16.5. The summed E-state index contributed by atoms with van der Waals surface area (Å²) in [5.74, 6) is 1.30. The van der Waals surface area contributed by atoms with E-state index in [9.17, 15) is 4.79 Å². The maximum absolute atomic E-state index is 12.6. The van der Waals surface area contributed by atoms with Crippen LogP contribution in [0.25, 0.3) is 0 Å². The fourth-order valence-corrected chi connectivity index (χ4v) is 3.01. The molecule has 0 aliphatic carbocycles. The van der Waals surface area contributed by atoms with E-state index in [2.05, 4.69) is 50.4 Å². The number of nitrogens with one attached hydrogen (secondary N) is 1. The van der Waals surface area contributed by atoms with Crippen LogP contribution >= 0.6 is 0 Å². The second-order valence-corrected chi connectivity index (χ2v) is 7.05. The van der Waals surface area contributed by atoms with Crippen molar-refractivity contribution < 1.29 is 9.53 Å². The molecule has 0 saturated heterocycles. The fourth-order valence-electron chi connectivity index (χ4n) is 3.01. The molecule has 1 amide bonds. The number of likely N-dealkylation sites (N-methyl/N-ethyl adjacent to an activating group) is 1. The molecular weight excluding hydrogens is 324 g/mol. The van der Waals surface area contributed by atoms with Crippen LogP contribution in [0.2, 0.25) is 0 Å². The minimum Gasteiger partial charge on any atom is -0.497 e. The summed E-state index contributed by atoms with van der Waals surface area (Å²) in [5.41, 5.74) is 3.55. The van der Waals surface area contributed by atoms with Crippen LogP contribution in [0.1, 0.15) is 36.6 Å². The Balaban J connectivity index is 1.97. The topological polar surface area (TPSA) is 41.6 Å². The van der Waals surface area contributed by atoms with Crippen LogP contribution < -0.4 is 10.1 Å². The highest BCUT2D eigenvalue weighted by Crippen LogP contribution is 2.23. The molecule has 0 heterocycles. The monoisotopic (exact) mass is 354 g/mol. The minimum atomic E-state index is 0.0902. The number of nitrogens with zero attached hydrogens (tertiary/aromatic N) is 1. The molecule has 1 atom stereocenters. The smallest absolute Gasteiger partial charge is 0.236 e. The third kappa shape index (κ3) is 5.33. The molecule has 0 aromatic heterocycles. The van der Waals surface area contributed by atoms with Crippen molar-refractivity contribution in [3.05, 3.63) is 65.2 Å². The van der Waals surface area contributed by atoms with Gasteiger partial charge < -0.3 is 15.0 Å². The first-order valence-electron chi connectivity index (χ1n) is 9.08. The van der Waals surface area contributed by atoms with E-state index in [0.717, 1.165) is 11.3 Å². The van der Waals surface area contributed by atoms with Crippen LogP contribution in [0, 0.1) is 12.8 Å². The molecular formula is C22H30N2O2. The van der Waals surface area contributed by atoms with Gasteiger partial charge in [-0.15, -0.1) is 0 Å². The number of hydrogen-bond donors (Lipinski definition) is 1. The van der Waals surface area contributed by atoms with Gasteiger partial charge in [0.1, 0.15) is 5.75 Å². The summed E-state index contributed by atoms with van der Waals surface area (Å²) in [6.45, 7) is 7.33. The molecule has 2 aromatic carbocycles. The van der Waals surface area contributed by atoms with Gasteiger partial charge in [-0.25, -0.2) is 0 Å². The standard InChI is InChI=1S/C22H30N2O2/c1-16(2)22(18-10-12-20(26-5)13-11-18)23-14-21(25)24(4)15-19-9-7-6-8-17(19)3/h6-13,16,22-23H,14-15H2,1-5H3. The van der Waals surface area contributed by atoms with E-state index in [4.69, 9.17) is 4.74 Å². The summed E-state index contributed by atoms with van der Waals surface area (Å²) in [5, 5.41) is 3.42. The number of hydrogen-bond acceptors (Lipinski definition) is 3. The number of carbonyl (C=O) groups is 1. The van der Waals surface area contributed by atoms with E-state index in [0.29, 0.717) is 19.0 Å². The zero-order chi connectivity index (χ0) is 19.1. The Morgan fingerprint density at radius 1 is 1.12 bits per heavy atom. The van der Waals surface area contributed by atoms with Gasteiger partial charge in [0.2, 0.25) is 5.91 Å². The molecule has 0 fully saturated rings. The van der Waals surface area contributed by atoms with Crippen LogP contribution in [0.4, 0.5) is 0 Å². The van der Waals surface area contributed by atoms with Gasteiger partial charge in [-0.1, -0.05) is 50.2 Å². The molecule has 0 spiro atoms. The highest BCUT2D eigenvalue weighted by atomic mass is 16.5. The van der Waals surface area contributed by atoms with E-state index in [1.807, 2.05) is 31.3 Å². The molecule has 26 heavy (non-hydrogen) atoms. The van der Waals surface area contributed by atoms with Crippen molar-refractivity contribution in [3.63, 3.8) is 0 Å². The number of rotatable bonds is 8. The number of aryl methyl sites for hydroxylation is 1. The first kappa shape index (κ1) is 20.0. The zero-order valence-electron chi connectivity index (χ0n) is 16.5. The fraction of sp³-hybridized carbons (Fsp3) is 0.409. The highest BCUT2D eigenvalue weighted by Gasteiger charge is 2.18. The number of benzene rings is 2. The van der Waals surface area contributed by atoms with E-state index in [-0.39, 0.29) is 11.9 Å². The van der Waals surface area contributed by atoms with Crippen LogP contribution in [-0.4, -0.2) is 31.5 Å². The summed E-state index contributed by atoms with van der Waals surface area (Å²) in [4.78, 5) is 14.3. The quantitative estimate of drug-likeness (QED) is 0.780. The summed E-state index contributed by atoms with van der Waals surface area (Å²) in [7, 11) is 3.52. The third-order valence-corrected chi connectivity index (χ3v) is 4.71. The maximum atomic E-state index is 12.6. The van der Waals surface area contributed by atoms with Gasteiger partial charge in [0.25, 0.3) is 0 Å². The van der Waals surface area contributed by atoms with E-state index in [1.54, 1.807) is 12.0 Å². The molecule has 0 radical (unpaired) electrons. The van der Waals surface area contributed by atoms with Crippen LogP contribution in [0.5, 0.6) is 5.75 Å². The summed E-state index contributed by atoms with van der Waals surface area (Å²) >= 11 is 0. The normalized spacial score (nSPS) is 12.1. The Hall–Kier alpha value is -2.33. The third-order valence-electron chi connectivity index (χ3n) is 4.71. The number of ether oxygens (including phenoxy) is 1. The summed E-state index contributed by atoms with van der Waals surface area (Å²) < 4.78 is 5.22. The number of carbonyl (C=O) groups excluding carboxylic acids is 1. The first-order valence-corrected chi connectivity index (χ1v) is 9.08. The van der Waals surface area contributed by atoms with Gasteiger partial charge in [0.05, 0.1) is 13.7 Å². The molecule has 2 aromatic rings. The van der Waals surface area contributed by atoms with Crippen molar-refractivity contribution in [2.24, 2.45) is 5.92 Å². The van der Waals surface area contributed by atoms with Crippen molar-refractivity contribution >= 4 is 5.91 Å². The Kier molecular flexibility index (Phi) is 7.22. The van der Waals surface area contributed by atoms with Gasteiger partial charge in [-0.2, -0.15) is 0 Å². The van der Waals surface area contributed by atoms with Gasteiger partial charge in [0, 0.05) is 19.6 Å². The second-order valence-electron chi connectivity index (χ2n) is 7.05. The van der Waals surface area contributed by atoms with Gasteiger partial charge in [0.15, 0.2) is 0 Å². The molecule has 2 rings (SSSR count). The number of amides is 1. The van der Waals surface area contributed by atoms with Crippen LogP contribution in [0.3, 0.4) is 0 Å². The van der Waals surface area contributed by atoms with Gasteiger partial charge in [-0.05, 0) is 41.7 Å². The molecule has 0 aliphatic rings. The van der Waals surface area contributed by atoms with Gasteiger partial charge in [-0.3, -0.25) is 4.79 Å². The van der Waals surface area contributed by atoms with E-state index >= 15 is 0 Å². The highest BCUT2D eigenvalue weighted by molar-refractivity contribution is 5.78. The average Bonchev–Trinajstić information content (AvgIpc) is 2.63. The summed E-state index contributed by atoms with van der Waals surface area (Å²) in [6.07, 6.45) is 0. The molecule has 140 valence electrons. The van der Waals surface area contributed by atoms with Crippen molar-refractivity contribution in [3.8, 4) is 5.75 Å². The van der Waals surface area contributed by atoms with Gasteiger partial charge >= 0.3 is 0 Å². The lowest BCUT2D eigenvalue weighted by Crippen LogP contribution is -2.38. The predicted octanol–water partition coefficient (Wildman–Crippen LogP) is 3.95. The van der Waals surface area contributed by atoms with Crippen LogP contribution in [0.15, 0.2) is 48.5 Å². The Morgan fingerprint density at radius 2 is 1.77 bits per heavy atom. The van der Waals surface area contributed by atoms with Crippen molar-refractivity contribution in [1.29, 1.82) is 0 Å². The Labute approximate surface area is 157 Å². The molecule has 4 heteroatoms. The predicted molar refractivity (Wildman–Crippen MR) is 106 cm³/mol. The van der Waals surface area contributed by atoms with E-state index in [1.165, 1.54) is 11.1 Å². The molecule has 4 nitrogen and oxygen atoms in total. The molecule has 0 aliphatic heterocycles. The molecule has 1 N–H and O–H groups in total. The Bertz CT molecular complexity index is 710. The average molecular weight is 354 g/mol. The summed E-state index contributed by atoms with van der Waals surface area (Å²) in [6, 6.07) is 16.3. The van der Waals surface area contributed by atoms with Crippen molar-refractivity contribution in [2.75, 3.05) is 20.7 Å². The van der Waals surface area contributed by atoms with Crippen LogP contribution in [-0.2, 0) is 11.3 Å². The Morgan fingerprint density at radius 3 is 2.35 bits per heavy atom. The SMILES string of the molecule is COc1ccc(C(NCC(=O)N(C)Cc2ccccc2C)C(C)C)cc1. The van der Waals surface area contributed by atoms with Crippen molar-refractivity contribution in [1.82, 2.24) is 10.2 Å². The first-order chi connectivity index (χ1) is 12.4. The lowest BCUT2D eigenvalue weighted by molar-refractivity contribution is -0.129. The van der Waals surface area contributed by atoms with E-state index < -0.39 is 0 Å². The maximum Gasteiger partial charge on any atom is 0.236 e. The molecule has 1 unspecified atom stereocenters. The lowest BCUT2D eigenvalue weighted by atomic mass is 9.96. The molecule has 0 saturated carbocycles. The van der Waals surface area contributed by atoms with Crippen molar-refractivity contribution in [2.45, 2.75) is 33.4 Å². The largest absolute Gasteiger partial charge is 0.497 e. The lowest BCUT2D eigenvalue weighted by Gasteiger charge is -2.25. The number of methoxy groups -OCH3 is 1. The second kappa shape index (κ2) is 9.39. The molecule has 0 bridgehead atoms.